The molecule has 2 aliphatic heterocycles. The van der Waals surface area contributed by atoms with E-state index < -0.39 is 0 Å². The van der Waals surface area contributed by atoms with Gasteiger partial charge in [0.05, 0.1) is 30.9 Å². The lowest BCUT2D eigenvalue weighted by molar-refractivity contribution is -0.130. The molecule has 0 spiro atoms. The Morgan fingerprint density at radius 2 is 2.18 bits per heavy atom. The Labute approximate surface area is 205 Å². The minimum Gasteiger partial charge on any atom is -0.497 e. The topological polar surface area (TPSA) is 102 Å². The second-order valence-corrected chi connectivity index (χ2v) is 10.1. The van der Waals surface area contributed by atoms with Crippen molar-refractivity contribution in [3.05, 3.63) is 54.0 Å². The first-order valence-corrected chi connectivity index (χ1v) is 12.9. The summed E-state index contributed by atoms with van der Waals surface area (Å²) in [4.78, 5) is 13.2. The zero-order valence-corrected chi connectivity index (χ0v) is 20.3. The number of ether oxygens (including phenoxy) is 2. The Balaban J connectivity index is 1.23. The molecule has 11 heteroatoms. The van der Waals surface area contributed by atoms with Crippen molar-refractivity contribution in [2.45, 2.75) is 35.7 Å². The smallest absolute Gasteiger partial charge is 0.253 e. The van der Waals surface area contributed by atoms with Gasteiger partial charge in [-0.15, -0.1) is 10.2 Å². The first-order valence-electron chi connectivity index (χ1n) is 11.1. The van der Waals surface area contributed by atoms with Crippen LogP contribution in [0.3, 0.4) is 0 Å². The van der Waals surface area contributed by atoms with Crippen molar-refractivity contribution in [1.82, 2.24) is 15.2 Å². The molecule has 1 aromatic carbocycles. The summed E-state index contributed by atoms with van der Waals surface area (Å²) in [6.07, 6.45) is 4.59. The lowest BCUT2D eigenvalue weighted by Gasteiger charge is -2.19. The van der Waals surface area contributed by atoms with Gasteiger partial charge in [-0.1, -0.05) is 23.1 Å². The van der Waals surface area contributed by atoms with Gasteiger partial charge in [0.1, 0.15) is 17.6 Å². The number of carbonyl (C=O) groups is 1. The molecule has 1 amide bonds. The highest BCUT2D eigenvalue weighted by atomic mass is 32.2. The molecular formula is C23H25N5O4S2. The van der Waals surface area contributed by atoms with Gasteiger partial charge in [0.25, 0.3) is 5.91 Å². The summed E-state index contributed by atoms with van der Waals surface area (Å²) >= 11 is 2.80. The van der Waals surface area contributed by atoms with Crippen molar-refractivity contribution in [3.63, 3.8) is 0 Å². The molecule has 34 heavy (non-hydrogen) atoms. The third-order valence-electron chi connectivity index (χ3n) is 5.69. The van der Waals surface area contributed by atoms with E-state index >= 15 is 0 Å². The van der Waals surface area contributed by atoms with Crippen molar-refractivity contribution in [2.24, 2.45) is 5.10 Å². The Bertz CT molecular complexity index is 1130. The molecule has 0 bridgehead atoms. The van der Waals surface area contributed by atoms with Crippen molar-refractivity contribution >= 4 is 39.8 Å². The number of hydrazone groups is 1. The quantitative estimate of drug-likeness (QED) is 0.437. The molecule has 0 aliphatic carbocycles. The number of carbonyl (C=O) groups excluding carboxylic acids is 1. The fourth-order valence-electron chi connectivity index (χ4n) is 3.94. The molecule has 1 fully saturated rings. The van der Waals surface area contributed by atoms with Crippen molar-refractivity contribution < 1.29 is 18.7 Å². The second kappa shape index (κ2) is 10.6. The maximum absolute atomic E-state index is 13.2. The molecular weight excluding hydrogens is 474 g/mol. The molecule has 1 N–H and O–H groups in total. The number of anilines is 1. The number of benzene rings is 1. The molecule has 1 saturated heterocycles. The highest BCUT2D eigenvalue weighted by molar-refractivity contribution is 8.01. The SMILES string of the molecule is COc1ccc(C2=NN(C(=O)CSc3nnc(NC[C@H]4CCCO4)s3)[C@@H](c3ccco3)C2)cc1. The van der Waals surface area contributed by atoms with E-state index in [2.05, 4.69) is 20.6 Å². The van der Waals surface area contributed by atoms with Gasteiger partial charge in [-0.3, -0.25) is 4.79 Å². The predicted molar refractivity (Wildman–Crippen MR) is 131 cm³/mol. The zero-order chi connectivity index (χ0) is 23.3. The highest BCUT2D eigenvalue weighted by Crippen LogP contribution is 2.35. The standard InChI is InChI=1S/C23H25N5O4S2/c1-30-16-8-6-15(7-9-16)18-12-19(20-5-3-11-32-20)28(27-18)21(29)14-33-23-26-25-22(34-23)24-13-17-4-2-10-31-17/h3,5-9,11,17,19H,2,4,10,12-14H2,1H3,(H,24,25)/t17-,19-/m1/s1. The fourth-order valence-corrected chi connectivity index (χ4v) is 5.55. The summed E-state index contributed by atoms with van der Waals surface area (Å²) in [6, 6.07) is 11.1. The van der Waals surface area contributed by atoms with Gasteiger partial charge in [-0.05, 0) is 54.8 Å². The number of hydrogen-bond acceptors (Lipinski definition) is 10. The molecule has 9 nitrogen and oxygen atoms in total. The Hall–Kier alpha value is -2.89. The first kappa shape index (κ1) is 22.9. The van der Waals surface area contributed by atoms with Crippen LogP contribution in [0, 0.1) is 0 Å². The van der Waals surface area contributed by atoms with E-state index in [4.69, 9.17) is 13.9 Å². The Morgan fingerprint density at radius 1 is 1.29 bits per heavy atom. The van der Waals surface area contributed by atoms with E-state index in [0.717, 1.165) is 52.5 Å². The normalized spacial score (nSPS) is 19.9. The predicted octanol–water partition coefficient (Wildman–Crippen LogP) is 4.20. The van der Waals surface area contributed by atoms with Gasteiger partial charge >= 0.3 is 0 Å². The van der Waals surface area contributed by atoms with Gasteiger partial charge < -0.3 is 19.2 Å². The number of nitrogens with zero attached hydrogens (tertiary/aromatic N) is 4. The number of methoxy groups -OCH3 is 1. The van der Waals surface area contributed by atoms with Crippen molar-refractivity contribution in [1.29, 1.82) is 0 Å². The van der Waals surface area contributed by atoms with Gasteiger partial charge in [-0.25, -0.2) is 5.01 Å². The minimum absolute atomic E-state index is 0.112. The molecule has 5 rings (SSSR count). The summed E-state index contributed by atoms with van der Waals surface area (Å²) in [7, 11) is 1.63. The largest absolute Gasteiger partial charge is 0.497 e. The number of hydrogen-bond donors (Lipinski definition) is 1. The number of nitrogens with one attached hydrogen (secondary N) is 1. The summed E-state index contributed by atoms with van der Waals surface area (Å²) in [5.74, 6) is 1.58. The van der Waals surface area contributed by atoms with Gasteiger partial charge in [0, 0.05) is 19.6 Å². The second-order valence-electron chi connectivity index (χ2n) is 7.93. The van der Waals surface area contributed by atoms with Crippen LogP contribution >= 0.6 is 23.1 Å². The van der Waals surface area contributed by atoms with Crippen LogP contribution in [-0.2, 0) is 9.53 Å². The molecule has 0 radical (unpaired) electrons. The Morgan fingerprint density at radius 3 is 2.91 bits per heavy atom. The highest BCUT2D eigenvalue weighted by Gasteiger charge is 2.35. The molecule has 0 unspecified atom stereocenters. The molecule has 4 heterocycles. The van der Waals surface area contributed by atoms with Crippen LogP contribution < -0.4 is 10.1 Å². The number of thioether (sulfide) groups is 1. The van der Waals surface area contributed by atoms with E-state index in [9.17, 15) is 4.79 Å². The third-order valence-corrected chi connectivity index (χ3v) is 7.69. The van der Waals surface area contributed by atoms with Gasteiger partial charge in [0.15, 0.2) is 4.34 Å². The number of rotatable bonds is 9. The molecule has 2 aliphatic rings. The molecule has 178 valence electrons. The summed E-state index contributed by atoms with van der Waals surface area (Å²) in [6.45, 7) is 1.55. The maximum Gasteiger partial charge on any atom is 0.253 e. The minimum atomic E-state index is -0.279. The van der Waals surface area contributed by atoms with Crippen LogP contribution in [0.5, 0.6) is 5.75 Å². The van der Waals surface area contributed by atoms with Gasteiger partial charge in [-0.2, -0.15) is 5.10 Å². The summed E-state index contributed by atoms with van der Waals surface area (Å²) in [5, 5.41) is 18.6. The van der Waals surface area contributed by atoms with Crippen LogP contribution in [0.4, 0.5) is 5.13 Å². The van der Waals surface area contributed by atoms with E-state index in [0.29, 0.717) is 12.2 Å². The Kier molecular flexibility index (Phi) is 7.12. The number of aromatic nitrogens is 2. The lowest BCUT2D eigenvalue weighted by atomic mass is 10.0. The number of amides is 1. The average molecular weight is 500 g/mol. The van der Waals surface area contributed by atoms with Gasteiger partial charge in [0.2, 0.25) is 5.13 Å². The monoisotopic (exact) mass is 499 g/mol. The average Bonchev–Trinajstić information content (AvgIpc) is 3.68. The molecule has 0 saturated carbocycles. The van der Waals surface area contributed by atoms with E-state index in [1.54, 1.807) is 13.4 Å². The molecule has 3 aromatic rings. The van der Waals surface area contributed by atoms with Crippen molar-refractivity contribution in [2.75, 3.05) is 31.3 Å². The number of furan rings is 1. The maximum atomic E-state index is 13.2. The first-order chi connectivity index (χ1) is 16.7. The third kappa shape index (κ3) is 5.26. The van der Waals surface area contributed by atoms with Crippen LogP contribution in [0.25, 0.3) is 0 Å². The van der Waals surface area contributed by atoms with Crippen LogP contribution in [0.15, 0.2) is 56.5 Å². The summed E-state index contributed by atoms with van der Waals surface area (Å²) < 4.78 is 17.2. The van der Waals surface area contributed by atoms with Crippen LogP contribution in [0.2, 0.25) is 0 Å². The van der Waals surface area contributed by atoms with E-state index in [1.807, 2.05) is 36.4 Å². The van der Waals surface area contributed by atoms with Crippen LogP contribution in [0.1, 0.15) is 36.6 Å². The fraction of sp³-hybridized carbons (Fsp3) is 0.391. The summed E-state index contributed by atoms with van der Waals surface area (Å²) in [5.41, 5.74) is 1.78. The van der Waals surface area contributed by atoms with Crippen LogP contribution in [-0.4, -0.2) is 58.9 Å². The molecule has 2 atom stereocenters. The van der Waals surface area contributed by atoms with E-state index in [-0.39, 0.29) is 23.8 Å². The molecule has 2 aromatic heterocycles. The van der Waals surface area contributed by atoms with Crippen molar-refractivity contribution in [3.8, 4) is 5.75 Å². The lowest BCUT2D eigenvalue weighted by Crippen LogP contribution is -2.28. The van der Waals surface area contributed by atoms with E-state index in [1.165, 1.54) is 28.1 Å². The zero-order valence-electron chi connectivity index (χ0n) is 18.7.